The molecule has 0 spiro atoms. The van der Waals surface area contributed by atoms with Crippen molar-refractivity contribution in [3.05, 3.63) is 52.4 Å². The third kappa shape index (κ3) is 6.22. The van der Waals surface area contributed by atoms with E-state index in [-0.39, 0.29) is 16.9 Å². The molecule has 6 nitrogen and oxygen atoms in total. The summed E-state index contributed by atoms with van der Waals surface area (Å²) >= 11 is 0. The minimum atomic E-state index is -1.15. The van der Waals surface area contributed by atoms with Gasteiger partial charge in [-0.3, -0.25) is 9.00 Å². The second kappa shape index (κ2) is 10.7. The first kappa shape index (κ1) is 20.0. The van der Waals surface area contributed by atoms with Crippen molar-refractivity contribution in [2.75, 3.05) is 25.6 Å². The van der Waals surface area contributed by atoms with Gasteiger partial charge in [0.2, 0.25) is 5.43 Å². The molecule has 7 heteroatoms. The molecule has 0 bridgehead atoms. The number of pyridine rings is 1. The first-order chi connectivity index (χ1) is 12.6. The van der Waals surface area contributed by atoms with E-state index in [1.165, 1.54) is 12.3 Å². The zero-order chi connectivity index (χ0) is 18.8. The SMILES string of the molecule is CCCOc1c[nH]c(CS(=O)CCOc2ccccc2OCC)cc1=O. The van der Waals surface area contributed by atoms with Crippen LogP contribution in [-0.4, -0.2) is 34.8 Å². The largest absolute Gasteiger partial charge is 0.490 e. The maximum absolute atomic E-state index is 12.2. The Balaban J connectivity index is 1.84. The average Bonchev–Trinajstić information content (AvgIpc) is 2.63. The van der Waals surface area contributed by atoms with E-state index in [1.54, 1.807) is 0 Å². The lowest BCUT2D eigenvalue weighted by atomic mass is 10.3. The topological polar surface area (TPSA) is 77.6 Å². The number of rotatable bonds is 11. The third-order valence-corrected chi connectivity index (χ3v) is 4.69. The van der Waals surface area contributed by atoms with Crippen LogP contribution in [0.2, 0.25) is 0 Å². The Labute approximate surface area is 156 Å². The minimum Gasteiger partial charge on any atom is -0.490 e. The van der Waals surface area contributed by atoms with Crippen LogP contribution in [0.1, 0.15) is 26.0 Å². The first-order valence-electron chi connectivity index (χ1n) is 8.68. The number of ether oxygens (including phenoxy) is 3. The van der Waals surface area contributed by atoms with E-state index in [2.05, 4.69) is 4.98 Å². The van der Waals surface area contributed by atoms with E-state index in [0.29, 0.717) is 42.8 Å². The Morgan fingerprint density at radius 3 is 2.35 bits per heavy atom. The lowest BCUT2D eigenvalue weighted by Gasteiger charge is -2.11. The number of hydrogen-bond donors (Lipinski definition) is 1. The fraction of sp³-hybridized carbons (Fsp3) is 0.421. The van der Waals surface area contributed by atoms with Crippen molar-refractivity contribution in [3.63, 3.8) is 0 Å². The summed E-state index contributed by atoms with van der Waals surface area (Å²) in [6.07, 6.45) is 2.36. The highest BCUT2D eigenvalue weighted by molar-refractivity contribution is 7.84. The number of para-hydroxylation sites is 2. The van der Waals surface area contributed by atoms with Crippen molar-refractivity contribution in [2.45, 2.75) is 26.0 Å². The van der Waals surface area contributed by atoms with Crippen LogP contribution < -0.4 is 19.6 Å². The molecule has 0 aliphatic carbocycles. The lowest BCUT2D eigenvalue weighted by molar-refractivity contribution is 0.289. The van der Waals surface area contributed by atoms with Crippen LogP contribution in [0.5, 0.6) is 17.2 Å². The molecule has 0 fully saturated rings. The standard InChI is InChI=1S/C19H25NO5S/c1-3-9-24-19-13-20-15(12-16(19)21)14-26(22)11-10-25-18-8-6-5-7-17(18)23-4-2/h5-8,12-13H,3-4,9-11,14H2,1-2H3,(H,20,21). The number of nitrogens with one attached hydrogen (secondary N) is 1. The summed E-state index contributed by atoms with van der Waals surface area (Å²) in [5, 5.41) is 0. The Morgan fingerprint density at radius 1 is 1.00 bits per heavy atom. The van der Waals surface area contributed by atoms with Gasteiger partial charge in [-0.25, -0.2) is 0 Å². The van der Waals surface area contributed by atoms with Crippen LogP contribution in [0.25, 0.3) is 0 Å². The second-order valence-corrected chi connectivity index (χ2v) is 7.13. The highest BCUT2D eigenvalue weighted by Gasteiger charge is 2.08. The van der Waals surface area contributed by atoms with E-state index in [9.17, 15) is 9.00 Å². The van der Waals surface area contributed by atoms with Crippen LogP contribution >= 0.6 is 0 Å². The van der Waals surface area contributed by atoms with Gasteiger partial charge in [-0.15, -0.1) is 0 Å². The molecule has 1 aromatic carbocycles. The maximum atomic E-state index is 12.2. The van der Waals surface area contributed by atoms with Gasteiger partial charge < -0.3 is 19.2 Å². The molecule has 0 radical (unpaired) electrons. The van der Waals surface area contributed by atoms with E-state index in [4.69, 9.17) is 14.2 Å². The smallest absolute Gasteiger partial charge is 0.223 e. The van der Waals surface area contributed by atoms with Crippen LogP contribution in [0.4, 0.5) is 0 Å². The van der Waals surface area contributed by atoms with Gasteiger partial charge >= 0.3 is 0 Å². The van der Waals surface area contributed by atoms with E-state index in [1.807, 2.05) is 38.1 Å². The molecule has 0 aliphatic heterocycles. The molecular formula is C19H25NO5S. The van der Waals surface area contributed by atoms with Crippen molar-refractivity contribution in [2.24, 2.45) is 0 Å². The maximum Gasteiger partial charge on any atom is 0.223 e. The number of benzene rings is 1. The summed E-state index contributed by atoms with van der Waals surface area (Å²) in [4.78, 5) is 14.9. The molecule has 0 amide bonds. The zero-order valence-corrected chi connectivity index (χ0v) is 16.0. The van der Waals surface area contributed by atoms with Crippen molar-refractivity contribution in [1.29, 1.82) is 0 Å². The van der Waals surface area contributed by atoms with Gasteiger partial charge in [-0.1, -0.05) is 19.1 Å². The number of hydrogen-bond acceptors (Lipinski definition) is 5. The second-order valence-electron chi connectivity index (χ2n) is 5.55. The molecule has 0 aliphatic rings. The molecule has 142 valence electrons. The molecule has 1 aromatic heterocycles. The Bertz CT molecular complexity index is 775. The first-order valence-corrected chi connectivity index (χ1v) is 10.2. The summed E-state index contributed by atoms with van der Waals surface area (Å²) in [6.45, 7) is 5.23. The van der Waals surface area contributed by atoms with Gasteiger partial charge in [0, 0.05) is 28.8 Å². The fourth-order valence-electron chi connectivity index (χ4n) is 2.24. The normalized spacial score (nSPS) is 11.8. The monoisotopic (exact) mass is 379 g/mol. The number of aromatic amines is 1. The van der Waals surface area contributed by atoms with Crippen LogP contribution in [0.3, 0.4) is 0 Å². The summed E-state index contributed by atoms with van der Waals surface area (Å²) in [7, 11) is -1.15. The molecule has 0 saturated carbocycles. The summed E-state index contributed by atoms with van der Waals surface area (Å²) < 4.78 is 28.7. The molecule has 1 heterocycles. The van der Waals surface area contributed by atoms with Gasteiger partial charge in [-0.2, -0.15) is 0 Å². The number of H-pyrrole nitrogens is 1. The van der Waals surface area contributed by atoms with Crippen LogP contribution in [0.15, 0.2) is 41.3 Å². The van der Waals surface area contributed by atoms with Crippen molar-refractivity contribution < 1.29 is 18.4 Å². The number of aromatic nitrogens is 1. The predicted molar refractivity (Wildman–Crippen MR) is 103 cm³/mol. The molecule has 2 rings (SSSR count). The Hall–Kier alpha value is -2.28. The summed E-state index contributed by atoms with van der Waals surface area (Å²) in [6, 6.07) is 8.83. The zero-order valence-electron chi connectivity index (χ0n) is 15.2. The highest BCUT2D eigenvalue weighted by Crippen LogP contribution is 2.26. The third-order valence-electron chi connectivity index (χ3n) is 3.43. The van der Waals surface area contributed by atoms with E-state index in [0.717, 1.165) is 6.42 Å². The van der Waals surface area contributed by atoms with Crippen LogP contribution in [0, 0.1) is 0 Å². The summed E-state index contributed by atoms with van der Waals surface area (Å²) in [5.41, 5.74) is 0.415. The molecular weight excluding hydrogens is 354 g/mol. The van der Waals surface area contributed by atoms with Gasteiger partial charge in [0.1, 0.15) is 0 Å². The van der Waals surface area contributed by atoms with Crippen molar-refractivity contribution in [3.8, 4) is 17.2 Å². The van der Waals surface area contributed by atoms with Crippen molar-refractivity contribution >= 4 is 10.8 Å². The van der Waals surface area contributed by atoms with Crippen LogP contribution in [-0.2, 0) is 16.6 Å². The van der Waals surface area contributed by atoms with Gasteiger partial charge in [0.05, 0.1) is 31.3 Å². The Kier molecular flexibility index (Phi) is 8.21. The Morgan fingerprint density at radius 2 is 1.69 bits per heavy atom. The minimum absolute atomic E-state index is 0.203. The van der Waals surface area contributed by atoms with Gasteiger partial charge in [0.15, 0.2) is 17.2 Å². The lowest BCUT2D eigenvalue weighted by Crippen LogP contribution is -2.14. The summed E-state index contributed by atoms with van der Waals surface area (Å²) in [5.74, 6) is 2.22. The molecule has 1 unspecified atom stereocenters. The molecule has 1 N–H and O–H groups in total. The van der Waals surface area contributed by atoms with E-state index < -0.39 is 10.8 Å². The predicted octanol–water partition coefficient (Wildman–Crippen LogP) is 2.89. The molecule has 26 heavy (non-hydrogen) atoms. The highest BCUT2D eigenvalue weighted by atomic mass is 32.2. The fourth-order valence-corrected chi connectivity index (χ4v) is 3.17. The van der Waals surface area contributed by atoms with Crippen molar-refractivity contribution in [1.82, 2.24) is 4.98 Å². The molecule has 0 saturated heterocycles. The quantitative estimate of drug-likeness (QED) is 0.650. The molecule has 1 atom stereocenters. The van der Waals surface area contributed by atoms with E-state index >= 15 is 0 Å². The van der Waals surface area contributed by atoms with Gasteiger partial charge in [0.25, 0.3) is 0 Å². The van der Waals surface area contributed by atoms with Gasteiger partial charge in [-0.05, 0) is 25.5 Å². The average molecular weight is 379 g/mol. The molecule has 2 aromatic rings.